The highest BCUT2D eigenvalue weighted by molar-refractivity contribution is 6.33. The van der Waals surface area contributed by atoms with Gasteiger partial charge >= 0.3 is 0 Å². The summed E-state index contributed by atoms with van der Waals surface area (Å²) in [5, 5.41) is 4.72. The van der Waals surface area contributed by atoms with Crippen molar-refractivity contribution in [3.05, 3.63) is 82.1 Å². The molecule has 6 nitrogen and oxygen atoms in total. The maximum Gasteiger partial charge on any atom is 0.271 e. The molecule has 0 aliphatic carbocycles. The van der Waals surface area contributed by atoms with E-state index in [0.29, 0.717) is 10.6 Å². The molecule has 2 N–H and O–H groups in total. The number of hydrogen-bond acceptors (Lipinski definition) is 3. The van der Waals surface area contributed by atoms with Crippen molar-refractivity contribution < 1.29 is 9.59 Å². The summed E-state index contributed by atoms with van der Waals surface area (Å²) in [5.41, 5.74) is 8.22. The maximum absolute atomic E-state index is 12.2. The Bertz CT molecular complexity index is 964. The molecule has 0 radical (unpaired) electrons. The lowest BCUT2D eigenvalue weighted by molar-refractivity contribution is 0.0847. The van der Waals surface area contributed by atoms with Crippen LogP contribution in [0.3, 0.4) is 0 Å². The Kier molecular flexibility index (Phi) is 5.04. The van der Waals surface area contributed by atoms with E-state index in [-0.39, 0.29) is 5.56 Å². The van der Waals surface area contributed by atoms with E-state index in [2.05, 4.69) is 16.0 Å². The minimum atomic E-state index is -0.483. The highest BCUT2D eigenvalue weighted by Gasteiger charge is 2.12. The van der Waals surface area contributed by atoms with Crippen LogP contribution >= 0.6 is 11.6 Å². The number of amides is 2. The molecule has 0 aliphatic rings. The van der Waals surface area contributed by atoms with Crippen LogP contribution in [0, 0.1) is 13.8 Å². The van der Waals surface area contributed by atoms with Crippen LogP contribution in [0.2, 0.25) is 5.02 Å². The zero-order valence-corrected chi connectivity index (χ0v) is 15.0. The van der Waals surface area contributed by atoms with Gasteiger partial charge in [0.15, 0.2) is 0 Å². The zero-order valence-electron chi connectivity index (χ0n) is 14.3. The Hall–Kier alpha value is -3.12. The number of benzene rings is 2. The highest BCUT2D eigenvalue weighted by Crippen LogP contribution is 2.15. The number of halogens is 1. The predicted octanol–water partition coefficient (Wildman–Crippen LogP) is 3.22. The summed E-state index contributed by atoms with van der Waals surface area (Å²) in [6.07, 6.45) is 0. The molecule has 0 saturated carbocycles. The van der Waals surface area contributed by atoms with E-state index in [0.717, 1.165) is 17.1 Å². The van der Waals surface area contributed by atoms with Crippen LogP contribution in [0.1, 0.15) is 32.1 Å². The molecule has 1 aromatic heterocycles. The van der Waals surface area contributed by atoms with Gasteiger partial charge in [-0.3, -0.25) is 20.4 Å². The maximum atomic E-state index is 12.2. The van der Waals surface area contributed by atoms with Gasteiger partial charge in [-0.15, -0.1) is 0 Å². The van der Waals surface area contributed by atoms with Gasteiger partial charge in [-0.25, -0.2) is 4.68 Å². The minimum Gasteiger partial charge on any atom is -0.267 e. The third-order valence-electron chi connectivity index (χ3n) is 3.79. The smallest absolute Gasteiger partial charge is 0.267 e. The Morgan fingerprint density at radius 1 is 0.962 bits per heavy atom. The standard InChI is InChI=1S/C19H17ClN4O2/c1-12-11-13(2)24(23-12)15-9-7-14(8-10-15)18(25)21-22-19(26)16-5-3-4-6-17(16)20/h3-11H,1-2H3,(H,21,25)(H,22,26). The van der Waals surface area contributed by atoms with Gasteiger partial charge in [0.25, 0.3) is 11.8 Å². The Labute approximate surface area is 155 Å². The summed E-state index contributed by atoms with van der Waals surface area (Å²) in [6.45, 7) is 3.89. The first-order valence-electron chi connectivity index (χ1n) is 7.94. The molecule has 0 unspecified atom stereocenters. The molecule has 0 bridgehead atoms. The fourth-order valence-corrected chi connectivity index (χ4v) is 2.76. The second-order valence-corrected chi connectivity index (χ2v) is 6.18. The quantitative estimate of drug-likeness (QED) is 0.697. The fraction of sp³-hybridized carbons (Fsp3) is 0.105. The molecule has 0 atom stereocenters. The number of rotatable bonds is 3. The van der Waals surface area contributed by atoms with Crippen molar-refractivity contribution >= 4 is 23.4 Å². The molecule has 26 heavy (non-hydrogen) atoms. The summed E-state index contributed by atoms with van der Waals surface area (Å²) >= 11 is 5.96. The van der Waals surface area contributed by atoms with Gasteiger partial charge in [0.2, 0.25) is 0 Å². The second kappa shape index (κ2) is 7.41. The lowest BCUT2D eigenvalue weighted by Crippen LogP contribution is -2.41. The zero-order chi connectivity index (χ0) is 18.7. The lowest BCUT2D eigenvalue weighted by atomic mass is 10.2. The van der Waals surface area contributed by atoms with Gasteiger partial charge in [0, 0.05) is 11.3 Å². The average molecular weight is 369 g/mol. The number of carbonyl (C=O) groups is 2. The summed E-state index contributed by atoms with van der Waals surface area (Å²) in [5.74, 6) is -0.909. The van der Waals surface area contributed by atoms with E-state index >= 15 is 0 Å². The number of aryl methyl sites for hydroxylation is 2. The third kappa shape index (κ3) is 3.75. The van der Waals surface area contributed by atoms with Crippen molar-refractivity contribution in [1.82, 2.24) is 20.6 Å². The molecule has 0 saturated heterocycles. The number of hydrazine groups is 1. The highest BCUT2D eigenvalue weighted by atomic mass is 35.5. The lowest BCUT2D eigenvalue weighted by Gasteiger charge is -2.09. The summed E-state index contributed by atoms with van der Waals surface area (Å²) < 4.78 is 1.80. The predicted molar refractivity (Wildman–Crippen MR) is 99.4 cm³/mol. The number of carbonyl (C=O) groups excluding carboxylic acids is 2. The van der Waals surface area contributed by atoms with Gasteiger partial charge in [0.05, 0.1) is 22.0 Å². The fourth-order valence-electron chi connectivity index (χ4n) is 2.54. The first kappa shape index (κ1) is 17.7. The van der Waals surface area contributed by atoms with E-state index < -0.39 is 11.8 Å². The van der Waals surface area contributed by atoms with Gasteiger partial charge in [-0.1, -0.05) is 23.7 Å². The number of nitrogens with zero attached hydrogens (tertiary/aromatic N) is 2. The van der Waals surface area contributed by atoms with Gasteiger partial charge in [0.1, 0.15) is 0 Å². The van der Waals surface area contributed by atoms with E-state index in [9.17, 15) is 9.59 Å². The Balaban J connectivity index is 1.66. The molecule has 0 spiro atoms. The van der Waals surface area contributed by atoms with Crippen molar-refractivity contribution in [1.29, 1.82) is 0 Å². The molecule has 3 aromatic rings. The van der Waals surface area contributed by atoms with Crippen molar-refractivity contribution in [2.24, 2.45) is 0 Å². The first-order valence-corrected chi connectivity index (χ1v) is 8.32. The van der Waals surface area contributed by atoms with Crippen LogP contribution < -0.4 is 10.9 Å². The van der Waals surface area contributed by atoms with Crippen LogP contribution in [-0.2, 0) is 0 Å². The Morgan fingerprint density at radius 2 is 1.62 bits per heavy atom. The summed E-state index contributed by atoms with van der Waals surface area (Å²) in [4.78, 5) is 24.3. The van der Waals surface area contributed by atoms with Gasteiger partial charge in [-0.2, -0.15) is 5.10 Å². The molecule has 3 rings (SSSR count). The summed E-state index contributed by atoms with van der Waals surface area (Å²) in [7, 11) is 0. The molecular formula is C19H17ClN4O2. The first-order chi connectivity index (χ1) is 12.5. The van der Waals surface area contributed by atoms with E-state index in [4.69, 9.17) is 11.6 Å². The monoisotopic (exact) mass is 368 g/mol. The van der Waals surface area contributed by atoms with Crippen molar-refractivity contribution in [2.45, 2.75) is 13.8 Å². The van der Waals surface area contributed by atoms with Crippen molar-refractivity contribution in [3.8, 4) is 5.69 Å². The van der Waals surface area contributed by atoms with E-state index in [1.807, 2.05) is 19.9 Å². The molecule has 132 valence electrons. The largest absolute Gasteiger partial charge is 0.271 e. The molecule has 0 fully saturated rings. The molecule has 0 aliphatic heterocycles. The van der Waals surface area contributed by atoms with Gasteiger partial charge in [-0.05, 0) is 56.3 Å². The number of aromatic nitrogens is 2. The third-order valence-corrected chi connectivity index (χ3v) is 4.12. The van der Waals surface area contributed by atoms with Crippen LogP contribution in [0.5, 0.6) is 0 Å². The van der Waals surface area contributed by atoms with Crippen LogP contribution in [0.25, 0.3) is 5.69 Å². The van der Waals surface area contributed by atoms with Crippen molar-refractivity contribution in [3.63, 3.8) is 0 Å². The van der Waals surface area contributed by atoms with Crippen LogP contribution in [-0.4, -0.2) is 21.6 Å². The normalized spacial score (nSPS) is 10.4. The SMILES string of the molecule is Cc1cc(C)n(-c2ccc(C(=O)NNC(=O)c3ccccc3Cl)cc2)n1. The average Bonchev–Trinajstić information content (AvgIpc) is 2.98. The van der Waals surface area contributed by atoms with Crippen molar-refractivity contribution in [2.75, 3.05) is 0 Å². The molecular weight excluding hydrogens is 352 g/mol. The van der Waals surface area contributed by atoms with E-state index in [1.54, 1.807) is 53.2 Å². The topological polar surface area (TPSA) is 76.0 Å². The van der Waals surface area contributed by atoms with E-state index in [1.165, 1.54) is 0 Å². The number of nitrogens with one attached hydrogen (secondary N) is 2. The summed E-state index contributed by atoms with van der Waals surface area (Å²) in [6, 6.07) is 15.5. The number of hydrogen-bond donors (Lipinski definition) is 2. The van der Waals surface area contributed by atoms with Crippen LogP contribution in [0.15, 0.2) is 54.6 Å². The second-order valence-electron chi connectivity index (χ2n) is 5.77. The Morgan fingerprint density at radius 3 is 2.23 bits per heavy atom. The molecule has 2 aromatic carbocycles. The minimum absolute atomic E-state index is 0.286. The van der Waals surface area contributed by atoms with Gasteiger partial charge < -0.3 is 0 Å². The molecule has 1 heterocycles. The molecule has 7 heteroatoms. The van der Waals surface area contributed by atoms with Crippen LogP contribution in [0.4, 0.5) is 0 Å². The molecule has 2 amide bonds.